The van der Waals surface area contributed by atoms with Crippen LogP contribution in [0.25, 0.3) is 0 Å². The average Bonchev–Trinajstić information content (AvgIpc) is 2.93. The van der Waals surface area contributed by atoms with Crippen LogP contribution in [-0.2, 0) is 11.3 Å². The molecule has 1 saturated carbocycles. The number of esters is 1. The molecular weight excluding hydrogens is 306 g/mol. The van der Waals surface area contributed by atoms with Crippen molar-refractivity contribution < 1.29 is 9.53 Å². The summed E-state index contributed by atoms with van der Waals surface area (Å²) in [7, 11) is 1.40. The SMILES string of the molecule is COC(=O)c1ccc(CNCC2CCCC2)c(Br)c1. The maximum absolute atomic E-state index is 11.4. The molecule has 1 aliphatic carbocycles. The van der Waals surface area contributed by atoms with Gasteiger partial charge in [-0.25, -0.2) is 4.79 Å². The summed E-state index contributed by atoms with van der Waals surface area (Å²) in [6, 6.07) is 5.60. The van der Waals surface area contributed by atoms with E-state index in [1.165, 1.54) is 38.4 Å². The van der Waals surface area contributed by atoms with Crippen LogP contribution in [0.15, 0.2) is 22.7 Å². The highest BCUT2D eigenvalue weighted by molar-refractivity contribution is 9.10. The minimum atomic E-state index is -0.300. The lowest BCUT2D eigenvalue weighted by atomic mass is 10.1. The van der Waals surface area contributed by atoms with Gasteiger partial charge < -0.3 is 10.1 Å². The molecule has 0 saturated heterocycles. The van der Waals surface area contributed by atoms with Gasteiger partial charge in [0.15, 0.2) is 0 Å². The van der Waals surface area contributed by atoms with Crippen LogP contribution in [-0.4, -0.2) is 19.6 Å². The first-order chi connectivity index (χ1) is 9.20. The molecule has 0 amide bonds. The van der Waals surface area contributed by atoms with E-state index in [0.29, 0.717) is 5.56 Å². The lowest BCUT2D eigenvalue weighted by molar-refractivity contribution is 0.0600. The zero-order valence-electron chi connectivity index (χ0n) is 11.2. The second kappa shape index (κ2) is 7.06. The van der Waals surface area contributed by atoms with Gasteiger partial charge in [0.05, 0.1) is 12.7 Å². The Hall–Kier alpha value is -0.870. The predicted octanol–water partition coefficient (Wildman–Crippen LogP) is 3.52. The fraction of sp³-hybridized carbons (Fsp3) is 0.533. The third-order valence-corrected chi connectivity index (χ3v) is 4.44. The van der Waals surface area contributed by atoms with Gasteiger partial charge in [-0.3, -0.25) is 0 Å². The second-order valence-corrected chi connectivity index (χ2v) is 5.93. The van der Waals surface area contributed by atoms with E-state index in [9.17, 15) is 4.79 Å². The Labute approximate surface area is 122 Å². The Bertz CT molecular complexity index is 442. The topological polar surface area (TPSA) is 38.3 Å². The van der Waals surface area contributed by atoms with Crippen molar-refractivity contribution in [2.75, 3.05) is 13.7 Å². The fourth-order valence-corrected chi connectivity index (χ4v) is 3.08. The van der Waals surface area contributed by atoms with Crippen molar-refractivity contribution >= 4 is 21.9 Å². The van der Waals surface area contributed by atoms with Gasteiger partial charge in [0, 0.05) is 11.0 Å². The smallest absolute Gasteiger partial charge is 0.337 e. The summed E-state index contributed by atoms with van der Waals surface area (Å²) in [4.78, 5) is 11.4. The number of rotatable bonds is 5. The lowest BCUT2D eigenvalue weighted by Crippen LogP contribution is -2.21. The molecule has 1 aliphatic rings. The van der Waals surface area contributed by atoms with E-state index < -0.39 is 0 Å². The van der Waals surface area contributed by atoms with Crippen molar-refractivity contribution in [3.8, 4) is 0 Å². The number of hydrogen-bond donors (Lipinski definition) is 1. The van der Waals surface area contributed by atoms with E-state index in [2.05, 4.69) is 21.2 Å². The highest BCUT2D eigenvalue weighted by Crippen LogP contribution is 2.24. The molecule has 3 nitrogen and oxygen atoms in total. The van der Waals surface area contributed by atoms with Crippen LogP contribution in [0, 0.1) is 5.92 Å². The van der Waals surface area contributed by atoms with E-state index in [1.807, 2.05) is 18.2 Å². The molecule has 0 radical (unpaired) electrons. The molecule has 1 aromatic carbocycles. The summed E-state index contributed by atoms with van der Waals surface area (Å²) in [5.41, 5.74) is 1.75. The van der Waals surface area contributed by atoms with Crippen LogP contribution in [0.5, 0.6) is 0 Å². The monoisotopic (exact) mass is 325 g/mol. The Morgan fingerprint density at radius 2 is 2.16 bits per heavy atom. The maximum Gasteiger partial charge on any atom is 0.337 e. The zero-order chi connectivity index (χ0) is 13.7. The summed E-state index contributed by atoms with van der Waals surface area (Å²) < 4.78 is 5.66. The standard InChI is InChI=1S/C15H20BrNO2/c1-19-15(18)12-6-7-13(14(16)8-12)10-17-9-11-4-2-3-5-11/h6-8,11,17H,2-5,9-10H2,1H3. The van der Waals surface area contributed by atoms with E-state index in [4.69, 9.17) is 4.74 Å². The Morgan fingerprint density at radius 3 is 2.79 bits per heavy atom. The van der Waals surface area contributed by atoms with Gasteiger partial charge in [0.2, 0.25) is 0 Å². The normalized spacial score (nSPS) is 15.7. The number of methoxy groups -OCH3 is 1. The van der Waals surface area contributed by atoms with Gasteiger partial charge >= 0.3 is 5.97 Å². The third-order valence-electron chi connectivity index (χ3n) is 3.70. The molecule has 0 heterocycles. The molecule has 19 heavy (non-hydrogen) atoms. The maximum atomic E-state index is 11.4. The molecular formula is C15H20BrNO2. The molecule has 0 aliphatic heterocycles. The summed E-state index contributed by atoms with van der Waals surface area (Å²) in [6.45, 7) is 1.92. The van der Waals surface area contributed by atoms with Crippen LogP contribution in [0.3, 0.4) is 0 Å². The highest BCUT2D eigenvalue weighted by Gasteiger charge is 2.14. The molecule has 0 atom stereocenters. The molecule has 2 rings (SSSR count). The van der Waals surface area contributed by atoms with Crippen molar-refractivity contribution in [3.05, 3.63) is 33.8 Å². The molecule has 0 spiro atoms. The summed E-state index contributed by atoms with van der Waals surface area (Å²) in [5, 5.41) is 3.50. The van der Waals surface area contributed by atoms with Crippen molar-refractivity contribution in [2.24, 2.45) is 5.92 Å². The quantitative estimate of drug-likeness (QED) is 0.842. The first kappa shape index (κ1) is 14.5. The summed E-state index contributed by atoms with van der Waals surface area (Å²) in [5.74, 6) is 0.541. The van der Waals surface area contributed by atoms with Crippen LogP contribution < -0.4 is 5.32 Å². The molecule has 1 fully saturated rings. The van der Waals surface area contributed by atoms with Gasteiger partial charge in [0.1, 0.15) is 0 Å². The Balaban J connectivity index is 1.87. The van der Waals surface area contributed by atoms with Crippen LogP contribution in [0.1, 0.15) is 41.6 Å². The summed E-state index contributed by atoms with van der Waals surface area (Å²) in [6.07, 6.45) is 5.47. The van der Waals surface area contributed by atoms with Crippen molar-refractivity contribution in [1.82, 2.24) is 5.32 Å². The van der Waals surface area contributed by atoms with Gasteiger partial charge in [-0.15, -0.1) is 0 Å². The van der Waals surface area contributed by atoms with Gasteiger partial charge in [0.25, 0.3) is 0 Å². The first-order valence-corrected chi connectivity index (χ1v) is 7.57. The molecule has 0 aromatic heterocycles. The third kappa shape index (κ3) is 4.05. The Kier molecular flexibility index (Phi) is 5.40. The minimum Gasteiger partial charge on any atom is -0.465 e. The van der Waals surface area contributed by atoms with Crippen LogP contribution >= 0.6 is 15.9 Å². The number of halogens is 1. The molecule has 0 bridgehead atoms. The molecule has 1 aromatic rings. The fourth-order valence-electron chi connectivity index (χ4n) is 2.56. The number of benzene rings is 1. The highest BCUT2D eigenvalue weighted by atomic mass is 79.9. The number of hydrogen-bond acceptors (Lipinski definition) is 3. The van der Waals surface area contributed by atoms with Crippen molar-refractivity contribution in [2.45, 2.75) is 32.2 Å². The second-order valence-electron chi connectivity index (χ2n) is 5.08. The van der Waals surface area contributed by atoms with E-state index in [-0.39, 0.29) is 5.97 Å². The van der Waals surface area contributed by atoms with Gasteiger partial charge in [-0.2, -0.15) is 0 Å². The number of carbonyl (C=O) groups is 1. The van der Waals surface area contributed by atoms with Crippen LogP contribution in [0.4, 0.5) is 0 Å². The van der Waals surface area contributed by atoms with E-state index in [1.54, 1.807) is 0 Å². The first-order valence-electron chi connectivity index (χ1n) is 6.78. The number of nitrogens with one attached hydrogen (secondary N) is 1. The Morgan fingerprint density at radius 1 is 1.42 bits per heavy atom. The van der Waals surface area contributed by atoms with Crippen LogP contribution in [0.2, 0.25) is 0 Å². The average molecular weight is 326 g/mol. The van der Waals surface area contributed by atoms with Gasteiger partial charge in [-0.05, 0) is 43.0 Å². The minimum absolute atomic E-state index is 0.300. The molecule has 104 valence electrons. The zero-order valence-corrected chi connectivity index (χ0v) is 12.8. The van der Waals surface area contributed by atoms with Crippen molar-refractivity contribution in [1.29, 1.82) is 0 Å². The largest absolute Gasteiger partial charge is 0.465 e. The van der Waals surface area contributed by atoms with E-state index in [0.717, 1.165) is 23.5 Å². The van der Waals surface area contributed by atoms with Crippen molar-refractivity contribution in [3.63, 3.8) is 0 Å². The molecule has 0 unspecified atom stereocenters. The molecule has 4 heteroatoms. The number of ether oxygens (including phenoxy) is 1. The lowest BCUT2D eigenvalue weighted by Gasteiger charge is -2.12. The summed E-state index contributed by atoms with van der Waals surface area (Å²) >= 11 is 3.51. The van der Waals surface area contributed by atoms with Gasteiger partial charge in [-0.1, -0.05) is 34.8 Å². The number of carbonyl (C=O) groups excluding carboxylic acids is 1. The van der Waals surface area contributed by atoms with E-state index >= 15 is 0 Å². The predicted molar refractivity (Wildman–Crippen MR) is 79.1 cm³/mol. The molecule has 1 N–H and O–H groups in total.